The van der Waals surface area contributed by atoms with Crippen molar-refractivity contribution in [2.24, 2.45) is 0 Å². The fourth-order valence-corrected chi connectivity index (χ4v) is 4.02. The fraction of sp³-hybridized carbons (Fsp3) is 0.182. The zero-order valence-electron chi connectivity index (χ0n) is 24.0. The van der Waals surface area contributed by atoms with Crippen molar-refractivity contribution in [2.45, 2.75) is 19.3 Å². The molecule has 0 saturated heterocycles. The Labute approximate surface area is 245 Å². The van der Waals surface area contributed by atoms with E-state index in [-0.39, 0.29) is 18.0 Å². The first kappa shape index (κ1) is 29.7. The smallest absolute Gasteiger partial charge is 0.331 e. The monoisotopic (exact) mass is 567 g/mol. The van der Waals surface area contributed by atoms with Crippen LogP contribution in [0, 0.1) is 0 Å². The highest BCUT2D eigenvalue weighted by atomic mass is 16.6. The lowest BCUT2D eigenvalue weighted by molar-refractivity contribution is 0.327. The molecule has 9 heteroatoms. The average molecular weight is 568 g/mol. The molecule has 42 heavy (non-hydrogen) atoms. The number of rotatable bonds is 15. The third-order valence-electron chi connectivity index (χ3n) is 6.00. The first-order valence-corrected chi connectivity index (χ1v) is 13.1. The van der Waals surface area contributed by atoms with Crippen LogP contribution in [0.4, 0.5) is 0 Å². The first-order chi connectivity index (χ1) is 20.5. The van der Waals surface area contributed by atoms with Crippen LogP contribution in [0.3, 0.4) is 0 Å². The number of methoxy groups -OCH3 is 3. The summed E-state index contributed by atoms with van der Waals surface area (Å²) in [7, 11) is 4.67. The molecule has 0 spiro atoms. The van der Waals surface area contributed by atoms with Gasteiger partial charge < -0.3 is 28.4 Å². The highest BCUT2D eigenvalue weighted by molar-refractivity contribution is 5.47. The molecule has 216 valence electrons. The van der Waals surface area contributed by atoms with Gasteiger partial charge in [-0.25, -0.2) is 0 Å². The van der Waals surface area contributed by atoms with E-state index in [0.717, 1.165) is 16.7 Å². The standard InChI is InChI=1S/C33H33N3O6/c1-7-10-22-13-16-25(28(19-22)37-4)40-31-34-32(41-26-17-14-23(11-8-2)20-29(26)38-5)36-33(35-31)42-27-18-15-24(12-9-3)21-30(27)39-6/h7-9,13-21H,1-3,10-12H2,4-6H3. The Hall–Kier alpha value is -5.31. The molecule has 0 radical (unpaired) electrons. The minimum absolute atomic E-state index is 0.0748. The molecule has 9 nitrogen and oxygen atoms in total. The number of aromatic nitrogens is 3. The van der Waals surface area contributed by atoms with Crippen molar-refractivity contribution < 1.29 is 28.4 Å². The summed E-state index contributed by atoms with van der Waals surface area (Å²) < 4.78 is 34.8. The van der Waals surface area contributed by atoms with Crippen LogP contribution in [0.2, 0.25) is 0 Å². The number of hydrogen-bond acceptors (Lipinski definition) is 9. The minimum Gasteiger partial charge on any atom is -0.493 e. The van der Waals surface area contributed by atoms with Crippen molar-refractivity contribution in [2.75, 3.05) is 21.3 Å². The van der Waals surface area contributed by atoms with Gasteiger partial charge in [0.15, 0.2) is 34.5 Å². The molecule has 0 bridgehead atoms. The molecule has 4 aromatic rings. The highest BCUT2D eigenvalue weighted by Crippen LogP contribution is 2.37. The van der Waals surface area contributed by atoms with Gasteiger partial charge in [-0.05, 0) is 72.4 Å². The largest absolute Gasteiger partial charge is 0.493 e. The Morgan fingerprint density at radius 2 is 0.762 bits per heavy atom. The molecular formula is C33H33N3O6. The summed E-state index contributed by atoms with van der Waals surface area (Å²) in [5.41, 5.74) is 3.03. The van der Waals surface area contributed by atoms with Crippen LogP contribution in [0.1, 0.15) is 16.7 Å². The third-order valence-corrected chi connectivity index (χ3v) is 6.00. The quantitative estimate of drug-likeness (QED) is 0.136. The average Bonchev–Trinajstić information content (AvgIpc) is 2.99. The topological polar surface area (TPSA) is 94.1 Å². The van der Waals surface area contributed by atoms with E-state index in [0.29, 0.717) is 53.8 Å². The van der Waals surface area contributed by atoms with E-state index < -0.39 is 0 Å². The van der Waals surface area contributed by atoms with Gasteiger partial charge in [0.05, 0.1) is 21.3 Å². The van der Waals surface area contributed by atoms with E-state index in [2.05, 4.69) is 34.7 Å². The maximum Gasteiger partial charge on any atom is 0.331 e. The lowest BCUT2D eigenvalue weighted by atomic mass is 10.1. The SMILES string of the molecule is C=CCc1ccc(Oc2nc(Oc3ccc(CC=C)cc3OC)nc(Oc3ccc(CC=C)cc3OC)n2)c(OC)c1. The molecule has 3 aromatic carbocycles. The fourth-order valence-electron chi connectivity index (χ4n) is 4.02. The number of hydrogen-bond donors (Lipinski definition) is 0. The minimum atomic E-state index is -0.0748. The summed E-state index contributed by atoms with van der Waals surface area (Å²) in [6.45, 7) is 11.4. The second-order valence-corrected chi connectivity index (χ2v) is 8.92. The zero-order valence-corrected chi connectivity index (χ0v) is 24.0. The first-order valence-electron chi connectivity index (χ1n) is 13.1. The van der Waals surface area contributed by atoms with Crippen LogP contribution in [-0.4, -0.2) is 36.3 Å². The summed E-state index contributed by atoms with van der Waals surface area (Å²) >= 11 is 0. The second kappa shape index (κ2) is 14.4. The third kappa shape index (κ3) is 7.45. The van der Waals surface area contributed by atoms with Gasteiger partial charge in [0.1, 0.15) is 0 Å². The molecule has 0 fully saturated rings. The van der Waals surface area contributed by atoms with Crippen LogP contribution in [0.5, 0.6) is 52.5 Å². The molecular weight excluding hydrogens is 534 g/mol. The molecule has 0 aliphatic carbocycles. The summed E-state index contributed by atoms with van der Waals surface area (Å²) in [4.78, 5) is 13.1. The van der Waals surface area contributed by atoms with Gasteiger partial charge in [0.2, 0.25) is 0 Å². The Morgan fingerprint density at radius 1 is 0.476 bits per heavy atom. The van der Waals surface area contributed by atoms with Gasteiger partial charge in [-0.15, -0.1) is 34.7 Å². The van der Waals surface area contributed by atoms with Crippen LogP contribution in [-0.2, 0) is 19.3 Å². The van der Waals surface area contributed by atoms with Gasteiger partial charge in [-0.2, -0.15) is 0 Å². The second-order valence-electron chi connectivity index (χ2n) is 8.92. The predicted octanol–water partition coefficient (Wildman–Crippen LogP) is 7.46. The number of ether oxygens (including phenoxy) is 6. The van der Waals surface area contributed by atoms with Crippen LogP contribution >= 0.6 is 0 Å². The van der Waals surface area contributed by atoms with Gasteiger partial charge in [-0.3, -0.25) is 0 Å². The molecule has 0 N–H and O–H groups in total. The molecule has 0 atom stereocenters. The van der Waals surface area contributed by atoms with Crippen molar-refractivity contribution in [1.82, 2.24) is 15.0 Å². The summed E-state index contributed by atoms with van der Waals surface area (Å²) in [6.07, 6.45) is 7.47. The summed E-state index contributed by atoms with van der Waals surface area (Å²) in [6, 6.07) is 16.4. The summed E-state index contributed by atoms with van der Waals surface area (Å²) in [5.74, 6) is 2.68. The number of benzene rings is 3. The maximum atomic E-state index is 6.05. The van der Waals surface area contributed by atoms with Crippen molar-refractivity contribution in [3.05, 3.63) is 109 Å². The van der Waals surface area contributed by atoms with Crippen molar-refractivity contribution >= 4 is 0 Å². The van der Waals surface area contributed by atoms with E-state index in [1.54, 1.807) is 39.5 Å². The molecule has 0 amide bonds. The molecule has 4 rings (SSSR count). The van der Waals surface area contributed by atoms with E-state index in [1.165, 1.54) is 0 Å². The van der Waals surface area contributed by atoms with Crippen LogP contribution in [0.15, 0.2) is 92.6 Å². The Bertz CT molecular complexity index is 1370. The van der Waals surface area contributed by atoms with E-state index in [9.17, 15) is 0 Å². The summed E-state index contributed by atoms with van der Waals surface area (Å²) in [5, 5.41) is 0. The van der Waals surface area contributed by atoms with Crippen molar-refractivity contribution in [3.8, 4) is 52.5 Å². The normalized spacial score (nSPS) is 10.4. The molecule has 0 aliphatic heterocycles. The molecule has 1 heterocycles. The van der Waals surface area contributed by atoms with Crippen LogP contribution in [0.25, 0.3) is 0 Å². The van der Waals surface area contributed by atoms with E-state index in [4.69, 9.17) is 28.4 Å². The van der Waals surface area contributed by atoms with E-state index in [1.807, 2.05) is 54.6 Å². The number of allylic oxidation sites excluding steroid dienone is 3. The van der Waals surface area contributed by atoms with Gasteiger partial charge in [0.25, 0.3) is 0 Å². The molecule has 1 aromatic heterocycles. The molecule has 0 aliphatic rings. The Kier molecular flexibility index (Phi) is 10.1. The van der Waals surface area contributed by atoms with Crippen molar-refractivity contribution in [1.29, 1.82) is 0 Å². The van der Waals surface area contributed by atoms with E-state index >= 15 is 0 Å². The lowest BCUT2D eigenvalue weighted by Crippen LogP contribution is -2.03. The predicted molar refractivity (Wildman–Crippen MR) is 161 cm³/mol. The van der Waals surface area contributed by atoms with Gasteiger partial charge >= 0.3 is 18.0 Å². The number of nitrogens with zero attached hydrogens (tertiary/aromatic N) is 3. The zero-order chi connectivity index (χ0) is 29.9. The Balaban J connectivity index is 1.73. The molecule has 0 unspecified atom stereocenters. The lowest BCUT2D eigenvalue weighted by Gasteiger charge is -2.14. The Morgan fingerprint density at radius 3 is 1.00 bits per heavy atom. The van der Waals surface area contributed by atoms with Crippen molar-refractivity contribution in [3.63, 3.8) is 0 Å². The van der Waals surface area contributed by atoms with Gasteiger partial charge in [-0.1, -0.05) is 36.4 Å². The van der Waals surface area contributed by atoms with Crippen LogP contribution < -0.4 is 28.4 Å². The van der Waals surface area contributed by atoms with Gasteiger partial charge in [0, 0.05) is 0 Å². The maximum absolute atomic E-state index is 6.05. The highest BCUT2D eigenvalue weighted by Gasteiger charge is 2.18. The molecule has 0 saturated carbocycles.